The molecule has 0 amide bonds. The molecule has 0 aliphatic heterocycles. The molecule has 6 nitrogen and oxygen atoms in total. The molecule has 0 N–H and O–H groups in total. The molecule has 0 aromatic carbocycles. The zero-order chi connectivity index (χ0) is 18.0. The van der Waals surface area contributed by atoms with Gasteiger partial charge in [0.1, 0.15) is 20.6 Å². The monoisotopic (exact) mass is 412 g/mol. The lowest BCUT2D eigenvalue weighted by Gasteiger charge is -2.03. The van der Waals surface area contributed by atoms with E-state index in [0.717, 1.165) is 35.2 Å². The molecule has 3 aromatic rings. The lowest BCUT2D eigenvalue weighted by atomic mass is 10.2. The summed E-state index contributed by atoms with van der Waals surface area (Å²) in [5, 5.41) is 10.1. The molecular weight excluding hydrogens is 396 g/mol. The summed E-state index contributed by atoms with van der Waals surface area (Å²) in [6.07, 6.45) is 0. The Morgan fingerprint density at radius 3 is 2.60 bits per heavy atom. The van der Waals surface area contributed by atoms with Crippen molar-refractivity contribution >= 4 is 62.4 Å². The minimum Gasteiger partial charge on any atom is -0.462 e. The minimum atomic E-state index is -0.311. The Morgan fingerprint density at radius 2 is 1.88 bits per heavy atom. The van der Waals surface area contributed by atoms with Gasteiger partial charge >= 0.3 is 5.97 Å². The van der Waals surface area contributed by atoms with Gasteiger partial charge in [0.25, 0.3) is 0 Å². The zero-order valence-electron chi connectivity index (χ0n) is 14.2. The standard InChI is InChI=1S/C15H16N4O2S4/c1-5-21-13(20)10-7(3)9-11(23-10)16-8(4)17-12(9)24-15-19-18-14(25-15)22-6-2/h5-6H2,1-4H3. The van der Waals surface area contributed by atoms with Crippen LogP contribution in [0.5, 0.6) is 0 Å². The molecule has 0 fully saturated rings. The summed E-state index contributed by atoms with van der Waals surface area (Å²) in [5.41, 5.74) is 0.855. The van der Waals surface area contributed by atoms with Gasteiger partial charge in [0.15, 0.2) is 8.68 Å². The molecule has 10 heteroatoms. The Hall–Kier alpha value is -1.23. The number of rotatable bonds is 6. The average Bonchev–Trinajstić information content (AvgIpc) is 3.12. The molecule has 0 bridgehead atoms. The highest BCUT2D eigenvalue weighted by Gasteiger charge is 2.22. The molecule has 0 saturated heterocycles. The second-order valence-corrected chi connectivity index (χ2v) is 9.63. The average molecular weight is 413 g/mol. The van der Waals surface area contributed by atoms with Crippen LogP contribution < -0.4 is 0 Å². The Labute approximate surface area is 161 Å². The summed E-state index contributed by atoms with van der Waals surface area (Å²) >= 11 is 6.03. The number of ether oxygens (including phenoxy) is 1. The van der Waals surface area contributed by atoms with Gasteiger partial charge in [-0.25, -0.2) is 14.8 Å². The molecule has 3 rings (SSSR count). The van der Waals surface area contributed by atoms with E-state index in [0.29, 0.717) is 17.3 Å². The number of thioether (sulfide) groups is 1. The van der Waals surface area contributed by atoms with E-state index in [1.807, 2.05) is 13.8 Å². The third-order valence-corrected chi connectivity index (χ3v) is 7.31. The van der Waals surface area contributed by atoms with Crippen LogP contribution in [0.4, 0.5) is 0 Å². The molecule has 0 saturated carbocycles. The smallest absolute Gasteiger partial charge is 0.348 e. The summed E-state index contributed by atoms with van der Waals surface area (Å²) < 4.78 is 6.93. The second kappa shape index (κ2) is 7.98. The van der Waals surface area contributed by atoms with E-state index in [2.05, 4.69) is 27.1 Å². The number of carbonyl (C=O) groups is 1. The SMILES string of the molecule is CCOC(=O)c1sc2nc(C)nc(Sc3nnc(SCC)s3)c2c1C. The van der Waals surface area contributed by atoms with Crippen LogP contribution in [0, 0.1) is 13.8 Å². The Morgan fingerprint density at radius 1 is 1.12 bits per heavy atom. The number of hydrogen-bond donors (Lipinski definition) is 0. The molecular formula is C15H16N4O2S4. The van der Waals surface area contributed by atoms with Crippen molar-refractivity contribution in [3.63, 3.8) is 0 Å². The van der Waals surface area contributed by atoms with Gasteiger partial charge in [0.2, 0.25) is 0 Å². The van der Waals surface area contributed by atoms with Gasteiger partial charge in [-0.05, 0) is 43.8 Å². The van der Waals surface area contributed by atoms with Crippen molar-refractivity contribution in [2.45, 2.75) is 41.4 Å². The van der Waals surface area contributed by atoms with E-state index in [9.17, 15) is 4.79 Å². The first-order chi connectivity index (χ1) is 12.0. The van der Waals surface area contributed by atoms with Gasteiger partial charge in [0.05, 0.1) is 6.61 Å². The van der Waals surface area contributed by atoms with Crippen LogP contribution in [0.15, 0.2) is 13.7 Å². The third kappa shape index (κ3) is 3.97. The molecule has 0 aliphatic rings. The maximum atomic E-state index is 12.2. The fourth-order valence-corrected chi connectivity index (χ4v) is 6.42. The number of thiophene rings is 1. The summed E-state index contributed by atoms with van der Waals surface area (Å²) in [6, 6.07) is 0. The number of nitrogens with zero attached hydrogens (tertiary/aromatic N) is 4. The Kier molecular flexibility index (Phi) is 5.92. The summed E-state index contributed by atoms with van der Waals surface area (Å²) in [7, 11) is 0. The largest absolute Gasteiger partial charge is 0.462 e. The van der Waals surface area contributed by atoms with Crippen molar-refractivity contribution in [3.05, 3.63) is 16.3 Å². The lowest BCUT2D eigenvalue weighted by Crippen LogP contribution is -2.03. The minimum absolute atomic E-state index is 0.311. The number of fused-ring (bicyclic) bond motifs is 1. The highest BCUT2D eigenvalue weighted by atomic mass is 32.2. The van der Waals surface area contributed by atoms with Crippen LogP contribution >= 0.6 is 46.2 Å². The molecule has 0 atom stereocenters. The fraction of sp³-hybridized carbons (Fsp3) is 0.400. The first-order valence-electron chi connectivity index (χ1n) is 7.62. The highest BCUT2D eigenvalue weighted by molar-refractivity contribution is 8.03. The van der Waals surface area contributed by atoms with E-state index in [-0.39, 0.29) is 5.97 Å². The van der Waals surface area contributed by atoms with E-state index in [1.54, 1.807) is 30.0 Å². The van der Waals surface area contributed by atoms with Crippen LogP contribution in [-0.4, -0.2) is 38.5 Å². The predicted octanol–water partition coefficient (Wildman–Crippen LogP) is 4.60. The quantitative estimate of drug-likeness (QED) is 0.330. The summed E-state index contributed by atoms with van der Waals surface area (Å²) in [6.45, 7) is 7.99. The van der Waals surface area contributed by atoms with Crippen molar-refractivity contribution in [3.8, 4) is 0 Å². The predicted molar refractivity (Wildman–Crippen MR) is 103 cm³/mol. The fourth-order valence-electron chi connectivity index (χ4n) is 2.17. The van der Waals surface area contributed by atoms with Gasteiger partial charge < -0.3 is 4.74 Å². The maximum absolute atomic E-state index is 12.2. The zero-order valence-corrected chi connectivity index (χ0v) is 17.4. The number of carbonyl (C=O) groups excluding carboxylic acids is 1. The summed E-state index contributed by atoms with van der Waals surface area (Å²) in [5.74, 6) is 1.32. The third-order valence-electron chi connectivity index (χ3n) is 3.17. The Balaban J connectivity index is 2.03. The van der Waals surface area contributed by atoms with E-state index in [4.69, 9.17) is 4.74 Å². The molecule has 132 valence electrons. The van der Waals surface area contributed by atoms with Gasteiger partial charge in [-0.3, -0.25) is 0 Å². The lowest BCUT2D eigenvalue weighted by molar-refractivity contribution is 0.0531. The van der Waals surface area contributed by atoms with Crippen molar-refractivity contribution in [2.24, 2.45) is 0 Å². The normalized spacial score (nSPS) is 11.2. The number of hydrogen-bond acceptors (Lipinski definition) is 10. The van der Waals surface area contributed by atoms with Crippen molar-refractivity contribution in [1.29, 1.82) is 0 Å². The van der Waals surface area contributed by atoms with Crippen LogP contribution in [0.3, 0.4) is 0 Å². The van der Waals surface area contributed by atoms with Gasteiger partial charge in [0, 0.05) is 5.39 Å². The van der Waals surface area contributed by atoms with E-state index >= 15 is 0 Å². The van der Waals surface area contributed by atoms with Crippen molar-refractivity contribution < 1.29 is 9.53 Å². The van der Waals surface area contributed by atoms with E-state index < -0.39 is 0 Å². The first kappa shape index (κ1) is 18.6. The van der Waals surface area contributed by atoms with Gasteiger partial charge in [-0.15, -0.1) is 21.5 Å². The van der Waals surface area contributed by atoms with Crippen molar-refractivity contribution in [2.75, 3.05) is 12.4 Å². The van der Waals surface area contributed by atoms with Crippen LogP contribution in [0.25, 0.3) is 10.2 Å². The molecule has 3 aromatic heterocycles. The molecule has 0 spiro atoms. The van der Waals surface area contributed by atoms with E-state index in [1.165, 1.54) is 23.1 Å². The molecule has 25 heavy (non-hydrogen) atoms. The first-order valence-corrected chi connectivity index (χ1v) is 11.1. The number of aryl methyl sites for hydroxylation is 2. The molecule has 3 heterocycles. The van der Waals surface area contributed by atoms with Crippen LogP contribution in [0.2, 0.25) is 0 Å². The van der Waals surface area contributed by atoms with Gasteiger partial charge in [-0.2, -0.15) is 0 Å². The Bertz CT molecular complexity index is 922. The second-order valence-electron chi connectivity index (χ2n) is 4.90. The van der Waals surface area contributed by atoms with Crippen molar-refractivity contribution in [1.82, 2.24) is 20.2 Å². The number of aromatic nitrogens is 4. The summed E-state index contributed by atoms with van der Waals surface area (Å²) in [4.78, 5) is 22.6. The molecule has 0 aliphatic carbocycles. The number of esters is 1. The van der Waals surface area contributed by atoms with Crippen LogP contribution in [-0.2, 0) is 4.74 Å². The topological polar surface area (TPSA) is 77.9 Å². The maximum Gasteiger partial charge on any atom is 0.348 e. The molecule has 0 unspecified atom stereocenters. The van der Waals surface area contributed by atoms with Gasteiger partial charge in [-0.1, -0.05) is 30.0 Å². The molecule has 0 radical (unpaired) electrons. The highest BCUT2D eigenvalue weighted by Crippen LogP contribution is 2.40. The van der Waals surface area contributed by atoms with Crippen LogP contribution in [0.1, 0.15) is 34.9 Å².